The summed E-state index contributed by atoms with van der Waals surface area (Å²) in [6.07, 6.45) is 3.24. The molecule has 35 heavy (non-hydrogen) atoms. The molecule has 0 aliphatic carbocycles. The fraction of sp³-hybridized carbons (Fsp3) is 0.280. The Bertz CT molecular complexity index is 1270. The SMILES string of the molecule is C.Nc1ccc(-c2c(F)cccc2F)nc1C(=O)Cc1cnccc1N1CC[C@@H]2OC(=O)N[C@@H]2C1. The summed E-state index contributed by atoms with van der Waals surface area (Å²) < 4.78 is 33.8. The molecule has 8 nitrogen and oxygen atoms in total. The highest BCUT2D eigenvalue weighted by Gasteiger charge is 2.39. The number of hydrogen-bond donors (Lipinski definition) is 2. The van der Waals surface area contributed by atoms with Gasteiger partial charge in [0.05, 0.1) is 23.0 Å². The number of carbonyl (C=O) groups excluding carboxylic acids is 2. The number of benzene rings is 1. The first-order valence-electron chi connectivity index (χ1n) is 10.8. The molecular weight excluding hydrogens is 456 g/mol. The molecule has 0 spiro atoms. The molecule has 2 aliphatic rings. The number of amides is 1. The molecular formula is C25H25F2N5O3. The van der Waals surface area contributed by atoms with Gasteiger partial charge >= 0.3 is 6.09 Å². The molecule has 182 valence electrons. The normalized spacial score (nSPS) is 18.8. The van der Waals surface area contributed by atoms with Crippen molar-refractivity contribution in [1.29, 1.82) is 0 Å². The molecule has 2 saturated heterocycles. The van der Waals surface area contributed by atoms with Crippen molar-refractivity contribution in [3.05, 3.63) is 71.7 Å². The number of alkyl carbamates (subject to hydrolysis) is 1. The number of pyridine rings is 2. The second-order valence-electron chi connectivity index (χ2n) is 8.26. The Morgan fingerprint density at radius 1 is 1.20 bits per heavy atom. The van der Waals surface area contributed by atoms with Crippen molar-refractivity contribution in [2.24, 2.45) is 0 Å². The molecule has 0 unspecified atom stereocenters. The maximum absolute atomic E-state index is 14.2. The minimum atomic E-state index is -0.781. The molecule has 3 aromatic rings. The summed E-state index contributed by atoms with van der Waals surface area (Å²) in [4.78, 5) is 35.2. The molecule has 0 saturated carbocycles. The molecule has 1 amide bonds. The van der Waals surface area contributed by atoms with Gasteiger partial charge in [-0.15, -0.1) is 0 Å². The van der Waals surface area contributed by atoms with E-state index < -0.39 is 23.5 Å². The van der Waals surface area contributed by atoms with Crippen molar-refractivity contribution in [2.45, 2.75) is 32.4 Å². The van der Waals surface area contributed by atoms with Gasteiger partial charge in [0, 0.05) is 49.6 Å². The van der Waals surface area contributed by atoms with E-state index in [1.807, 2.05) is 6.07 Å². The number of piperidine rings is 1. The molecule has 2 aromatic heterocycles. The second-order valence-corrected chi connectivity index (χ2v) is 8.26. The molecule has 10 heteroatoms. The Morgan fingerprint density at radius 2 is 1.97 bits per heavy atom. The lowest BCUT2D eigenvalue weighted by Crippen LogP contribution is -2.49. The first-order valence-corrected chi connectivity index (χ1v) is 10.8. The average Bonchev–Trinajstić information content (AvgIpc) is 3.19. The van der Waals surface area contributed by atoms with Gasteiger partial charge in [-0.1, -0.05) is 13.5 Å². The third-order valence-corrected chi connectivity index (χ3v) is 6.09. The monoisotopic (exact) mass is 481 g/mol. The number of carbonyl (C=O) groups is 2. The summed E-state index contributed by atoms with van der Waals surface area (Å²) in [5, 5.41) is 2.81. The lowest BCUT2D eigenvalue weighted by Gasteiger charge is -2.35. The van der Waals surface area contributed by atoms with E-state index in [1.54, 1.807) is 12.4 Å². The Balaban J connectivity index is 0.00000289. The van der Waals surface area contributed by atoms with Gasteiger partial charge in [0.25, 0.3) is 0 Å². The average molecular weight is 482 g/mol. The van der Waals surface area contributed by atoms with Gasteiger partial charge in [-0.3, -0.25) is 9.78 Å². The van der Waals surface area contributed by atoms with Crippen molar-refractivity contribution in [1.82, 2.24) is 15.3 Å². The second kappa shape index (κ2) is 9.65. The van der Waals surface area contributed by atoms with Crippen LogP contribution in [-0.2, 0) is 11.2 Å². The number of anilines is 2. The number of halogens is 2. The standard InChI is InChI=1S/C24H21F2N5O3.CH4/c25-14-2-1-3-15(26)22(14)17-5-4-16(27)23(29-17)20(32)10-13-11-28-8-6-19(13)31-9-7-21-18(12-31)30-24(33)34-21;/h1-6,8,11,18,21H,7,9-10,12,27H2,(H,30,33);1H4/t18-,21+;/m1./s1. The lowest BCUT2D eigenvalue weighted by molar-refractivity contribution is 0.0988. The highest BCUT2D eigenvalue weighted by Crippen LogP contribution is 2.29. The van der Waals surface area contributed by atoms with Crippen molar-refractivity contribution in [2.75, 3.05) is 23.7 Å². The van der Waals surface area contributed by atoms with E-state index in [0.29, 0.717) is 25.1 Å². The molecule has 0 radical (unpaired) electrons. The van der Waals surface area contributed by atoms with Crippen LogP contribution in [0.5, 0.6) is 0 Å². The van der Waals surface area contributed by atoms with Crippen LogP contribution in [-0.4, -0.2) is 47.1 Å². The fourth-order valence-corrected chi connectivity index (χ4v) is 4.45. The summed E-state index contributed by atoms with van der Waals surface area (Å²) in [6.45, 7) is 1.17. The lowest BCUT2D eigenvalue weighted by atomic mass is 9.99. The van der Waals surface area contributed by atoms with Crippen LogP contribution in [0.4, 0.5) is 25.0 Å². The van der Waals surface area contributed by atoms with Crippen LogP contribution in [0.2, 0.25) is 0 Å². The largest absolute Gasteiger partial charge is 0.444 e. The number of aromatic nitrogens is 2. The fourth-order valence-electron chi connectivity index (χ4n) is 4.45. The zero-order valence-corrected chi connectivity index (χ0v) is 18.0. The van der Waals surface area contributed by atoms with E-state index in [4.69, 9.17) is 10.5 Å². The van der Waals surface area contributed by atoms with Crippen molar-refractivity contribution < 1.29 is 23.1 Å². The molecule has 1 aromatic carbocycles. The van der Waals surface area contributed by atoms with Gasteiger partial charge in [0.1, 0.15) is 23.4 Å². The Hall–Kier alpha value is -4.08. The first-order chi connectivity index (χ1) is 16.4. The Kier molecular flexibility index (Phi) is 6.63. The number of hydrogen-bond acceptors (Lipinski definition) is 7. The molecule has 2 fully saturated rings. The summed E-state index contributed by atoms with van der Waals surface area (Å²) >= 11 is 0. The number of nitrogens with zero attached hydrogens (tertiary/aromatic N) is 3. The van der Waals surface area contributed by atoms with E-state index in [-0.39, 0.29) is 48.6 Å². The van der Waals surface area contributed by atoms with E-state index >= 15 is 0 Å². The minimum absolute atomic E-state index is 0. The Morgan fingerprint density at radius 3 is 2.74 bits per heavy atom. The first kappa shape index (κ1) is 24.1. The third kappa shape index (κ3) is 4.64. The highest BCUT2D eigenvalue weighted by molar-refractivity contribution is 6.01. The van der Waals surface area contributed by atoms with Crippen LogP contribution < -0.4 is 16.0 Å². The molecule has 3 N–H and O–H groups in total. The number of Topliss-reactive ketones (excluding diaryl/α,β-unsaturated/α-hetero) is 1. The maximum Gasteiger partial charge on any atom is 0.407 e. The van der Waals surface area contributed by atoms with Gasteiger partial charge in [0.15, 0.2) is 5.78 Å². The molecule has 0 bridgehead atoms. The van der Waals surface area contributed by atoms with Crippen LogP contribution in [0.15, 0.2) is 48.8 Å². The summed E-state index contributed by atoms with van der Waals surface area (Å²) in [5.74, 6) is -1.97. The maximum atomic E-state index is 14.2. The quantitative estimate of drug-likeness (QED) is 0.534. The van der Waals surface area contributed by atoms with Gasteiger partial charge in [-0.2, -0.15) is 0 Å². The number of nitrogens with one attached hydrogen (secondary N) is 1. The van der Waals surface area contributed by atoms with Crippen molar-refractivity contribution >= 4 is 23.3 Å². The Labute approximate surface area is 201 Å². The number of nitrogens with two attached hydrogens (primary N) is 1. The highest BCUT2D eigenvalue weighted by atomic mass is 19.1. The van der Waals surface area contributed by atoms with Crippen molar-refractivity contribution in [3.8, 4) is 11.3 Å². The zero-order chi connectivity index (χ0) is 23.8. The van der Waals surface area contributed by atoms with E-state index in [1.165, 1.54) is 18.2 Å². The molecule has 2 aliphatic heterocycles. The van der Waals surface area contributed by atoms with Gasteiger partial charge in [-0.05, 0) is 30.3 Å². The van der Waals surface area contributed by atoms with Gasteiger partial charge in [0.2, 0.25) is 0 Å². The number of rotatable bonds is 5. The van der Waals surface area contributed by atoms with Crippen LogP contribution in [0.1, 0.15) is 29.9 Å². The van der Waals surface area contributed by atoms with Gasteiger partial charge < -0.3 is 20.7 Å². The third-order valence-electron chi connectivity index (χ3n) is 6.09. The van der Waals surface area contributed by atoms with Crippen LogP contribution in [0.3, 0.4) is 0 Å². The molecule has 4 heterocycles. The topological polar surface area (TPSA) is 110 Å². The summed E-state index contributed by atoms with van der Waals surface area (Å²) in [6, 6.07) is 7.98. The van der Waals surface area contributed by atoms with E-state index in [0.717, 1.165) is 17.8 Å². The predicted molar refractivity (Wildman–Crippen MR) is 127 cm³/mol. The van der Waals surface area contributed by atoms with E-state index in [9.17, 15) is 18.4 Å². The minimum Gasteiger partial charge on any atom is -0.444 e. The predicted octanol–water partition coefficient (Wildman–Crippen LogP) is 3.75. The number of nitrogen functional groups attached to an aromatic ring is 1. The van der Waals surface area contributed by atoms with Gasteiger partial charge in [-0.25, -0.2) is 18.6 Å². The number of ether oxygens (including phenoxy) is 1. The van der Waals surface area contributed by atoms with Crippen molar-refractivity contribution in [3.63, 3.8) is 0 Å². The molecule has 2 atom stereocenters. The van der Waals surface area contributed by atoms with E-state index in [2.05, 4.69) is 20.2 Å². The number of ketones is 1. The summed E-state index contributed by atoms with van der Waals surface area (Å²) in [5.41, 5.74) is 7.17. The smallest absolute Gasteiger partial charge is 0.407 e. The summed E-state index contributed by atoms with van der Waals surface area (Å²) in [7, 11) is 0. The van der Waals surface area contributed by atoms with Crippen LogP contribution >= 0.6 is 0 Å². The van der Waals surface area contributed by atoms with Crippen LogP contribution in [0.25, 0.3) is 11.3 Å². The molecule has 5 rings (SSSR count). The zero-order valence-electron chi connectivity index (χ0n) is 18.0. The number of fused-ring (bicyclic) bond motifs is 1. The van der Waals surface area contributed by atoms with Crippen LogP contribution in [0, 0.1) is 11.6 Å².